The summed E-state index contributed by atoms with van der Waals surface area (Å²) >= 11 is 0. The van der Waals surface area contributed by atoms with Crippen LogP contribution in [0.1, 0.15) is 148 Å². The van der Waals surface area contributed by atoms with Gasteiger partial charge < -0.3 is 0 Å². The maximum Gasteiger partial charge on any atom is 0.190 e. The third kappa shape index (κ3) is 5.48. The van der Waals surface area contributed by atoms with Crippen molar-refractivity contribution in [2.75, 3.05) is 0 Å². The molecule has 43 heavy (non-hydrogen) atoms. The summed E-state index contributed by atoms with van der Waals surface area (Å²) in [6, 6.07) is 4.58. The minimum atomic E-state index is -0.420. The molecule has 0 saturated heterocycles. The molecule has 4 rings (SSSR count). The van der Waals surface area contributed by atoms with Gasteiger partial charge in [0.25, 0.3) is 0 Å². The number of hydrogen-bond acceptors (Lipinski definition) is 2. The van der Waals surface area contributed by atoms with Gasteiger partial charge in [0.05, 0.1) is 0 Å². The zero-order chi connectivity index (χ0) is 32.1. The molecule has 3 aliphatic carbocycles. The van der Waals surface area contributed by atoms with Crippen molar-refractivity contribution in [1.82, 2.24) is 0 Å². The second-order valence-corrected chi connectivity index (χ2v) is 15.6. The average Bonchev–Trinajstić information content (AvgIpc) is 2.93. The Kier molecular flexibility index (Phi) is 9.62. The van der Waals surface area contributed by atoms with Crippen molar-refractivity contribution in [3.05, 3.63) is 68.8 Å². The zero-order valence-corrected chi connectivity index (χ0v) is 29.5. The average molecular weight is 585 g/mol. The predicted octanol–water partition coefficient (Wildman–Crippen LogP) is 11.1. The lowest BCUT2D eigenvalue weighted by Crippen LogP contribution is -2.54. The van der Waals surface area contributed by atoms with Gasteiger partial charge in [-0.15, -0.1) is 0 Å². The quantitative estimate of drug-likeness (QED) is 0.259. The number of hydrogen-bond donors (Lipinski definition) is 0. The van der Waals surface area contributed by atoms with E-state index in [4.69, 9.17) is 0 Å². The highest BCUT2D eigenvalue weighted by Gasteiger charge is 2.61. The van der Waals surface area contributed by atoms with Crippen LogP contribution < -0.4 is 0 Å². The van der Waals surface area contributed by atoms with Gasteiger partial charge in [0, 0.05) is 27.5 Å². The summed E-state index contributed by atoms with van der Waals surface area (Å²) in [4.78, 5) is 27.6. The molecule has 0 bridgehead atoms. The van der Waals surface area contributed by atoms with Crippen LogP contribution in [0, 0.1) is 40.9 Å². The van der Waals surface area contributed by atoms with E-state index in [0.717, 1.165) is 76.5 Å². The summed E-state index contributed by atoms with van der Waals surface area (Å²) < 4.78 is 0. The number of rotatable bonds is 11. The van der Waals surface area contributed by atoms with E-state index in [1.54, 1.807) is 6.92 Å². The van der Waals surface area contributed by atoms with Crippen molar-refractivity contribution in [2.24, 2.45) is 34.0 Å². The summed E-state index contributed by atoms with van der Waals surface area (Å²) in [5.74, 6) is 2.50. The molecule has 0 amide bonds. The summed E-state index contributed by atoms with van der Waals surface area (Å²) in [6.07, 6.45) is 11.3. The molecule has 0 aromatic heterocycles. The number of ketones is 2. The molecule has 0 heterocycles. The Balaban J connectivity index is 1.84. The van der Waals surface area contributed by atoms with Gasteiger partial charge in [-0.2, -0.15) is 0 Å². The van der Waals surface area contributed by atoms with Gasteiger partial charge in [-0.3, -0.25) is 9.59 Å². The van der Waals surface area contributed by atoms with Crippen molar-refractivity contribution in [3.8, 4) is 0 Å². The van der Waals surface area contributed by atoms with Crippen LogP contribution in [0.3, 0.4) is 0 Å². The molecule has 2 nitrogen and oxygen atoms in total. The largest absolute Gasteiger partial charge is 0.295 e. The van der Waals surface area contributed by atoms with Gasteiger partial charge in [0.1, 0.15) is 0 Å². The molecule has 0 unspecified atom stereocenters. The third-order valence-electron chi connectivity index (χ3n) is 12.8. The summed E-state index contributed by atoms with van der Waals surface area (Å²) in [7, 11) is 0. The highest BCUT2D eigenvalue weighted by atomic mass is 16.1. The van der Waals surface area contributed by atoms with Crippen molar-refractivity contribution < 1.29 is 9.59 Å². The van der Waals surface area contributed by atoms with Crippen LogP contribution in [-0.4, -0.2) is 11.6 Å². The van der Waals surface area contributed by atoms with E-state index in [1.165, 1.54) is 49.7 Å². The monoisotopic (exact) mass is 584 g/mol. The summed E-state index contributed by atoms with van der Waals surface area (Å²) in [5.41, 5.74) is 9.03. The normalized spacial score (nSPS) is 27.3. The van der Waals surface area contributed by atoms with E-state index in [0.29, 0.717) is 5.92 Å². The molecule has 236 valence electrons. The Morgan fingerprint density at radius 3 is 1.95 bits per heavy atom. The lowest BCUT2D eigenvalue weighted by molar-refractivity contribution is -0.113. The first-order valence-electron chi connectivity index (χ1n) is 17.4. The second kappa shape index (κ2) is 12.3. The Labute approximate surface area is 263 Å². The molecule has 3 aliphatic rings. The first-order chi connectivity index (χ1) is 20.1. The van der Waals surface area contributed by atoms with Crippen LogP contribution in [0.25, 0.3) is 0 Å². The molecule has 0 spiro atoms. The fourth-order valence-corrected chi connectivity index (χ4v) is 10.2. The second-order valence-electron chi connectivity index (χ2n) is 15.6. The van der Waals surface area contributed by atoms with Gasteiger partial charge in [-0.05, 0) is 112 Å². The molecule has 0 N–H and O–H groups in total. The molecule has 2 heteroatoms. The van der Waals surface area contributed by atoms with Crippen LogP contribution in [0.15, 0.2) is 46.6 Å². The number of fused-ring (bicyclic) bond motifs is 3. The van der Waals surface area contributed by atoms with Gasteiger partial charge in [-0.1, -0.05) is 104 Å². The molecule has 0 radical (unpaired) electrons. The highest BCUT2D eigenvalue weighted by Crippen LogP contribution is 2.68. The first-order valence-corrected chi connectivity index (χ1v) is 17.4. The number of allylic oxidation sites excluding steroid dienone is 5. The fraction of sp³-hybridized carbons (Fsp3) is 0.659. The smallest absolute Gasteiger partial charge is 0.190 e. The molecule has 0 aliphatic heterocycles. The SMILES string of the molecule is C=C1C(C(C)=O)=C(C)C[C@@]2(C)C[C@@]3(C)Cc4c(CC(CC(CC)CC)CC(CC)CC)ccc(C)c4C(=O)C3=C(C)[C@@]12C. The number of carbonyl (C=O) groups excluding carboxylic acids is 2. The number of benzene rings is 1. The van der Waals surface area contributed by atoms with Crippen LogP contribution in [0.4, 0.5) is 0 Å². The molecule has 0 saturated carbocycles. The van der Waals surface area contributed by atoms with Gasteiger partial charge in [0.15, 0.2) is 11.6 Å². The summed E-state index contributed by atoms with van der Waals surface area (Å²) in [6.45, 7) is 29.0. The Hall–Kier alpha value is -2.22. The van der Waals surface area contributed by atoms with E-state index in [-0.39, 0.29) is 22.4 Å². The van der Waals surface area contributed by atoms with E-state index in [1.807, 2.05) is 0 Å². The predicted molar refractivity (Wildman–Crippen MR) is 183 cm³/mol. The topological polar surface area (TPSA) is 34.1 Å². The van der Waals surface area contributed by atoms with Crippen LogP contribution >= 0.6 is 0 Å². The summed E-state index contributed by atoms with van der Waals surface area (Å²) in [5, 5.41) is 0. The van der Waals surface area contributed by atoms with Crippen LogP contribution in [-0.2, 0) is 17.6 Å². The van der Waals surface area contributed by atoms with E-state index in [9.17, 15) is 9.59 Å². The van der Waals surface area contributed by atoms with Crippen molar-refractivity contribution in [1.29, 1.82) is 0 Å². The van der Waals surface area contributed by atoms with Gasteiger partial charge in [0.2, 0.25) is 0 Å². The first kappa shape index (κ1) is 33.7. The fourth-order valence-electron chi connectivity index (χ4n) is 10.2. The maximum absolute atomic E-state index is 14.8. The van der Waals surface area contributed by atoms with E-state index < -0.39 is 5.41 Å². The molecule has 0 fully saturated rings. The lowest BCUT2D eigenvalue weighted by Gasteiger charge is -2.61. The lowest BCUT2D eigenvalue weighted by atomic mass is 9.42. The molecule has 3 atom stereocenters. The molecule has 1 aromatic rings. The minimum absolute atomic E-state index is 0.0917. The number of Topliss-reactive ketones (excluding diaryl/α,β-unsaturated/α-hetero) is 2. The Morgan fingerprint density at radius 1 is 0.884 bits per heavy atom. The van der Waals surface area contributed by atoms with Crippen molar-refractivity contribution in [3.63, 3.8) is 0 Å². The third-order valence-corrected chi connectivity index (χ3v) is 12.8. The Bertz CT molecular complexity index is 1350. The standard InChI is InChI=1S/C41H60O2/c1-13-30(14-2)19-32(20-31(15-3)16-4)21-33-18-17-25(5)36-34(33)23-39(10)24-40(11)22-26(6)35(29(9)42)27(7)41(40,12)28(8)37(39)38(36)43/h17-18,30-32H,7,13-16,19-24H2,1-6,8-12H3/t39-,40+,41-/m1/s1. The number of aryl methyl sites for hydroxylation is 1. The number of carbonyl (C=O) groups is 2. The van der Waals surface area contributed by atoms with Crippen molar-refractivity contribution in [2.45, 2.75) is 140 Å². The van der Waals surface area contributed by atoms with Crippen molar-refractivity contribution >= 4 is 11.6 Å². The van der Waals surface area contributed by atoms with Gasteiger partial charge >= 0.3 is 0 Å². The molecule has 1 aromatic carbocycles. The Morgan fingerprint density at radius 2 is 1.44 bits per heavy atom. The molecular weight excluding hydrogens is 524 g/mol. The van der Waals surface area contributed by atoms with Crippen LogP contribution in [0.5, 0.6) is 0 Å². The zero-order valence-electron chi connectivity index (χ0n) is 29.5. The maximum atomic E-state index is 14.8. The highest BCUT2D eigenvalue weighted by molar-refractivity contribution is 6.14. The minimum Gasteiger partial charge on any atom is -0.295 e. The van der Waals surface area contributed by atoms with E-state index >= 15 is 0 Å². The van der Waals surface area contributed by atoms with E-state index in [2.05, 4.69) is 87.9 Å². The van der Waals surface area contributed by atoms with Gasteiger partial charge in [-0.25, -0.2) is 0 Å². The van der Waals surface area contributed by atoms with Crippen LogP contribution in [0.2, 0.25) is 0 Å². The molecular formula is C41H60O2.